The number of amides is 1. The molecule has 120 valence electrons. The van der Waals surface area contributed by atoms with Gasteiger partial charge in [-0.1, -0.05) is 42.5 Å². The quantitative estimate of drug-likeness (QED) is 0.781. The number of anilines is 2. The van der Waals surface area contributed by atoms with Crippen molar-refractivity contribution >= 4 is 38.1 Å². The number of benzene rings is 3. The summed E-state index contributed by atoms with van der Waals surface area (Å²) in [6.07, 6.45) is 0. The van der Waals surface area contributed by atoms with Crippen LogP contribution in [0.2, 0.25) is 0 Å². The second-order valence-electron chi connectivity index (χ2n) is 5.55. The maximum Gasteiger partial charge on any atom is 0.264 e. The Morgan fingerprint density at radius 1 is 0.875 bits per heavy atom. The monoisotopic (exact) mass is 338 g/mol. The fourth-order valence-electron chi connectivity index (χ4n) is 2.97. The van der Waals surface area contributed by atoms with E-state index in [9.17, 15) is 13.2 Å². The first-order valence-electron chi connectivity index (χ1n) is 7.47. The summed E-state index contributed by atoms with van der Waals surface area (Å²) in [6.45, 7) is -0.259. The van der Waals surface area contributed by atoms with E-state index >= 15 is 0 Å². The largest absolute Gasteiger partial charge is 0.324 e. The van der Waals surface area contributed by atoms with Crippen LogP contribution in [0.5, 0.6) is 0 Å². The van der Waals surface area contributed by atoms with Crippen molar-refractivity contribution in [2.45, 2.75) is 4.90 Å². The lowest BCUT2D eigenvalue weighted by Gasteiger charge is -2.23. The van der Waals surface area contributed by atoms with Crippen molar-refractivity contribution in [2.24, 2.45) is 0 Å². The minimum absolute atomic E-state index is 0.161. The van der Waals surface area contributed by atoms with Gasteiger partial charge in [0.2, 0.25) is 5.91 Å². The van der Waals surface area contributed by atoms with Gasteiger partial charge < -0.3 is 5.32 Å². The van der Waals surface area contributed by atoms with E-state index in [4.69, 9.17) is 0 Å². The van der Waals surface area contributed by atoms with E-state index in [0.717, 1.165) is 10.8 Å². The molecule has 0 radical (unpaired) electrons. The van der Waals surface area contributed by atoms with Crippen LogP contribution >= 0.6 is 0 Å². The SMILES string of the molecule is O=C1CN(S(=O)(=O)c2ccccc2)c2cccc3cccc(c23)N1. The van der Waals surface area contributed by atoms with E-state index in [-0.39, 0.29) is 17.3 Å². The van der Waals surface area contributed by atoms with Crippen molar-refractivity contribution in [2.75, 3.05) is 16.2 Å². The van der Waals surface area contributed by atoms with Crippen molar-refractivity contribution in [1.29, 1.82) is 0 Å². The Kier molecular flexibility index (Phi) is 3.28. The highest BCUT2D eigenvalue weighted by molar-refractivity contribution is 7.92. The molecule has 3 aromatic rings. The molecule has 5 nitrogen and oxygen atoms in total. The van der Waals surface area contributed by atoms with Gasteiger partial charge in [0.25, 0.3) is 10.0 Å². The highest BCUT2D eigenvalue weighted by atomic mass is 32.2. The zero-order valence-corrected chi connectivity index (χ0v) is 13.5. The van der Waals surface area contributed by atoms with Gasteiger partial charge in [-0.2, -0.15) is 0 Å². The van der Waals surface area contributed by atoms with Crippen LogP contribution < -0.4 is 9.62 Å². The first-order chi connectivity index (χ1) is 11.6. The number of hydrogen-bond donors (Lipinski definition) is 1. The fourth-order valence-corrected chi connectivity index (χ4v) is 4.43. The molecule has 24 heavy (non-hydrogen) atoms. The number of hydrogen-bond acceptors (Lipinski definition) is 3. The lowest BCUT2D eigenvalue weighted by molar-refractivity contribution is -0.114. The van der Waals surface area contributed by atoms with Gasteiger partial charge in [-0.3, -0.25) is 9.10 Å². The van der Waals surface area contributed by atoms with Crippen molar-refractivity contribution < 1.29 is 13.2 Å². The molecule has 0 fully saturated rings. The minimum atomic E-state index is -3.83. The minimum Gasteiger partial charge on any atom is -0.324 e. The van der Waals surface area contributed by atoms with Gasteiger partial charge in [0.1, 0.15) is 6.54 Å². The topological polar surface area (TPSA) is 66.5 Å². The summed E-state index contributed by atoms with van der Waals surface area (Å²) in [4.78, 5) is 12.4. The van der Waals surface area contributed by atoms with Crippen molar-refractivity contribution in [1.82, 2.24) is 0 Å². The molecule has 0 saturated heterocycles. The maximum atomic E-state index is 13.1. The van der Waals surface area contributed by atoms with Gasteiger partial charge in [0.05, 0.1) is 16.3 Å². The van der Waals surface area contributed by atoms with Crippen molar-refractivity contribution in [3.8, 4) is 0 Å². The molecule has 6 heteroatoms. The molecule has 0 atom stereocenters. The molecular weight excluding hydrogens is 324 g/mol. The van der Waals surface area contributed by atoms with E-state index in [1.807, 2.05) is 18.2 Å². The molecule has 3 aromatic carbocycles. The predicted molar refractivity (Wildman–Crippen MR) is 93.6 cm³/mol. The highest BCUT2D eigenvalue weighted by Crippen LogP contribution is 2.37. The predicted octanol–water partition coefficient (Wildman–Crippen LogP) is 2.99. The van der Waals surface area contributed by atoms with Crippen LogP contribution in [-0.4, -0.2) is 20.9 Å². The number of sulfonamides is 1. The standard InChI is InChI=1S/C18H14N2O3S/c21-17-12-20(24(22,23)14-8-2-1-3-9-14)16-11-5-7-13-6-4-10-15(19-17)18(13)16/h1-11H,12H2,(H,19,21). The second-order valence-corrected chi connectivity index (χ2v) is 7.42. The molecule has 0 bridgehead atoms. The molecule has 1 N–H and O–H groups in total. The molecule has 1 amide bonds. The van der Waals surface area contributed by atoms with E-state index in [1.165, 1.54) is 16.4 Å². The van der Waals surface area contributed by atoms with E-state index in [1.54, 1.807) is 36.4 Å². The van der Waals surface area contributed by atoms with Crippen molar-refractivity contribution in [3.05, 3.63) is 66.7 Å². The third-order valence-electron chi connectivity index (χ3n) is 4.04. The lowest BCUT2D eigenvalue weighted by Crippen LogP contribution is -2.36. The molecule has 1 heterocycles. The summed E-state index contributed by atoms with van der Waals surface area (Å²) < 4.78 is 27.3. The number of rotatable bonds is 2. The third kappa shape index (κ3) is 2.23. The van der Waals surface area contributed by atoms with Crippen LogP contribution in [0.4, 0.5) is 11.4 Å². The summed E-state index contributed by atoms with van der Waals surface area (Å²) in [5, 5.41) is 4.40. The molecule has 1 aliphatic rings. The third-order valence-corrected chi connectivity index (χ3v) is 5.82. The number of carbonyl (C=O) groups excluding carboxylic acids is 1. The summed E-state index contributed by atoms with van der Waals surface area (Å²) in [6, 6.07) is 19.1. The fraction of sp³-hybridized carbons (Fsp3) is 0.0556. The highest BCUT2D eigenvalue weighted by Gasteiger charge is 2.31. The zero-order chi connectivity index (χ0) is 16.7. The molecule has 0 saturated carbocycles. The molecule has 0 aromatic heterocycles. The molecular formula is C18H14N2O3S. The number of carbonyl (C=O) groups is 1. The maximum absolute atomic E-state index is 13.1. The molecule has 0 spiro atoms. The number of nitrogens with one attached hydrogen (secondary N) is 1. The van der Waals surface area contributed by atoms with Gasteiger partial charge in [0, 0.05) is 5.39 Å². The summed E-state index contributed by atoms with van der Waals surface area (Å²) in [7, 11) is -3.83. The Labute approximate surface area is 139 Å². The smallest absolute Gasteiger partial charge is 0.264 e. The average Bonchev–Trinajstić information content (AvgIpc) is 2.74. The van der Waals surface area contributed by atoms with Gasteiger partial charge in [-0.25, -0.2) is 8.42 Å². The summed E-state index contributed by atoms with van der Waals surface area (Å²) in [5.41, 5.74) is 1.13. The molecule has 0 unspecified atom stereocenters. The Morgan fingerprint density at radius 3 is 2.33 bits per heavy atom. The van der Waals surface area contributed by atoms with Gasteiger partial charge in [-0.05, 0) is 29.7 Å². The van der Waals surface area contributed by atoms with E-state index in [0.29, 0.717) is 11.4 Å². The Bertz CT molecular complexity index is 1040. The van der Waals surface area contributed by atoms with Crippen molar-refractivity contribution in [3.63, 3.8) is 0 Å². The van der Waals surface area contributed by atoms with Crippen LogP contribution in [0.15, 0.2) is 71.6 Å². The van der Waals surface area contributed by atoms with Crippen LogP contribution in [0.3, 0.4) is 0 Å². The zero-order valence-electron chi connectivity index (χ0n) is 12.6. The first kappa shape index (κ1) is 14.7. The Morgan fingerprint density at radius 2 is 1.58 bits per heavy atom. The Hall–Kier alpha value is -2.86. The molecule has 0 aliphatic carbocycles. The van der Waals surface area contributed by atoms with Crippen LogP contribution in [0, 0.1) is 0 Å². The van der Waals surface area contributed by atoms with Crippen LogP contribution in [0.25, 0.3) is 10.8 Å². The second kappa shape index (κ2) is 5.35. The van der Waals surface area contributed by atoms with E-state index < -0.39 is 10.0 Å². The Balaban J connectivity index is 2.00. The lowest BCUT2D eigenvalue weighted by atomic mass is 10.1. The first-order valence-corrected chi connectivity index (χ1v) is 8.91. The normalized spacial score (nSPS) is 14.3. The van der Waals surface area contributed by atoms with Gasteiger partial charge in [0.15, 0.2) is 0 Å². The molecule has 1 aliphatic heterocycles. The van der Waals surface area contributed by atoms with Gasteiger partial charge in [-0.15, -0.1) is 0 Å². The van der Waals surface area contributed by atoms with Gasteiger partial charge >= 0.3 is 0 Å². The van der Waals surface area contributed by atoms with E-state index in [2.05, 4.69) is 5.32 Å². The summed E-state index contributed by atoms with van der Waals surface area (Å²) in [5.74, 6) is -0.363. The molecule has 4 rings (SSSR count). The van der Waals surface area contributed by atoms with Crippen LogP contribution in [0.1, 0.15) is 0 Å². The average molecular weight is 338 g/mol. The number of nitrogens with zero attached hydrogens (tertiary/aromatic N) is 1. The van der Waals surface area contributed by atoms with Crippen LogP contribution in [-0.2, 0) is 14.8 Å². The summed E-state index contributed by atoms with van der Waals surface area (Å²) >= 11 is 0.